The zero-order valence-corrected chi connectivity index (χ0v) is 17.4. The average molecular weight is 435 g/mol. The number of amides is 1. The Bertz CT molecular complexity index is 987. The van der Waals surface area contributed by atoms with Crippen molar-refractivity contribution in [2.75, 3.05) is 17.8 Å². The van der Waals surface area contributed by atoms with E-state index in [0.29, 0.717) is 26.5 Å². The fourth-order valence-corrected chi connectivity index (χ4v) is 3.61. The van der Waals surface area contributed by atoms with Crippen LogP contribution in [0.4, 0.5) is 5.69 Å². The summed E-state index contributed by atoms with van der Waals surface area (Å²) in [6, 6.07) is 12.6. The number of amidine groups is 1. The zero-order chi connectivity index (χ0) is 20.3. The summed E-state index contributed by atoms with van der Waals surface area (Å²) in [6.45, 7) is 1.96. The molecule has 0 spiro atoms. The third-order valence-corrected chi connectivity index (χ3v) is 5.57. The molecule has 0 saturated heterocycles. The molecule has 1 heterocycles. The molecule has 1 aliphatic heterocycles. The molecule has 0 fully saturated rings. The minimum Gasteiger partial charge on any atom is -0.468 e. The fourth-order valence-electron chi connectivity index (χ4n) is 2.46. The standard InChI is InChI=1S/C20H16Cl2N2O3S/c1-12-3-6-14(7-4-12)24-19(26)17(23-20(24)28-11-18(25)27-2)10-13-5-8-15(21)16(22)9-13/h3-10H,11H2,1-2H3/b17-10-. The molecule has 2 aromatic carbocycles. The third-order valence-electron chi connectivity index (χ3n) is 3.92. The number of halogens is 2. The molecule has 0 atom stereocenters. The number of rotatable bonds is 4. The molecule has 144 valence electrons. The van der Waals surface area contributed by atoms with E-state index in [1.807, 2.05) is 31.2 Å². The van der Waals surface area contributed by atoms with Gasteiger partial charge in [0.2, 0.25) is 0 Å². The van der Waals surface area contributed by atoms with E-state index in [1.54, 1.807) is 24.3 Å². The predicted molar refractivity (Wildman–Crippen MR) is 115 cm³/mol. The van der Waals surface area contributed by atoms with Crippen LogP contribution in [0.1, 0.15) is 11.1 Å². The molecule has 0 saturated carbocycles. The molecule has 0 bridgehead atoms. The summed E-state index contributed by atoms with van der Waals surface area (Å²) in [6.07, 6.45) is 1.64. The molecular weight excluding hydrogens is 419 g/mol. The number of thioether (sulfide) groups is 1. The molecule has 28 heavy (non-hydrogen) atoms. The van der Waals surface area contributed by atoms with Gasteiger partial charge in [-0.1, -0.05) is 58.7 Å². The fraction of sp³-hybridized carbons (Fsp3) is 0.150. The zero-order valence-electron chi connectivity index (χ0n) is 15.1. The molecule has 0 radical (unpaired) electrons. The minimum absolute atomic E-state index is 0.0467. The van der Waals surface area contributed by atoms with Crippen LogP contribution in [-0.2, 0) is 14.3 Å². The second-order valence-electron chi connectivity index (χ2n) is 5.94. The van der Waals surface area contributed by atoms with Crippen molar-refractivity contribution in [1.82, 2.24) is 0 Å². The lowest BCUT2D eigenvalue weighted by Crippen LogP contribution is -2.30. The normalized spacial score (nSPS) is 15.1. The Hall–Kier alpha value is -2.28. The smallest absolute Gasteiger partial charge is 0.316 e. The molecule has 0 unspecified atom stereocenters. The van der Waals surface area contributed by atoms with Gasteiger partial charge >= 0.3 is 5.97 Å². The number of carbonyl (C=O) groups excluding carboxylic acids is 2. The number of ether oxygens (including phenoxy) is 1. The van der Waals surface area contributed by atoms with E-state index in [4.69, 9.17) is 23.2 Å². The van der Waals surface area contributed by atoms with Crippen LogP contribution in [0.3, 0.4) is 0 Å². The quantitative estimate of drug-likeness (QED) is 0.504. The summed E-state index contributed by atoms with van der Waals surface area (Å²) < 4.78 is 4.68. The van der Waals surface area contributed by atoms with Gasteiger partial charge in [-0.2, -0.15) is 0 Å². The van der Waals surface area contributed by atoms with Crippen molar-refractivity contribution < 1.29 is 14.3 Å². The highest BCUT2D eigenvalue weighted by Gasteiger charge is 2.32. The van der Waals surface area contributed by atoms with Crippen LogP contribution in [0, 0.1) is 6.92 Å². The van der Waals surface area contributed by atoms with Crippen molar-refractivity contribution in [3.8, 4) is 0 Å². The van der Waals surface area contributed by atoms with Crippen molar-refractivity contribution in [3.63, 3.8) is 0 Å². The van der Waals surface area contributed by atoms with Gasteiger partial charge in [0.15, 0.2) is 5.17 Å². The van der Waals surface area contributed by atoms with E-state index in [1.165, 1.54) is 12.0 Å². The van der Waals surface area contributed by atoms with Gasteiger partial charge in [0.25, 0.3) is 5.91 Å². The van der Waals surface area contributed by atoms with Crippen molar-refractivity contribution in [3.05, 3.63) is 69.3 Å². The first kappa shape index (κ1) is 20.5. The second-order valence-corrected chi connectivity index (χ2v) is 7.70. The summed E-state index contributed by atoms with van der Waals surface area (Å²) in [5.74, 6) is -0.640. The highest BCUT2D eigenvalue weighted by molar-refractivity contribution is 8.14. The number of benzene rings is 2. The molecule has 0 N–H and O–H groups in total. The van der Waals surface area contributed by atoms with E-state index >= 15 is 0 Å². The van der Waals surface area contributed by atoms with Gasteiger partial charge in [-0.3, -0.25) is 14.5 Å². The van der Waals surface area contributed by atoms with Crippen LogP contribution in [0.2, 0.25) is 10.0 Å². The number of anilines is 1. The molecule has 0 aliphatic carbocycles. The number of hydrogen-bond acceptors (Lipinski definition) is 5. The number of esters is 1. The van der Waals surface area contributed by atoms with Crippen molar-refractivity contribution in [1.29, 1.82) is 0 Å². The lowest BCUT2D eigenvalue weighted by atomic mass is 10.2. The number of aliphatic imine (C=N–C) groups is 1. The molecule has 5 nitrogen and oxygen atoms in total. The van der Waals surface area contributed by atoms with Crippen LogP contribution in [-0.4, -0.2) is 29.9 Å². The summed E-state index contributed by atoms with van der Waals surface area (Å²) in [5.41, 5.74) is 2.68. The Balaban J connectivity index is 1.96. The monoisotopic (exact) mass is 434 g/mol. The summed E-state index contributed by atoms with van der Waals surface area (Å²) in [5, 5.41) is 1.23. The van der Waals surface area contributed by atoms with Gasteiger partial charge < -0.3 is 4.74 Å². The van der Waals surface area contributed by atoms with Gasteiger partial charge in [0.1, 0.15) is 5.70 Å². The Morgan fingerprint density at radius 3 is 2.54 bits per heavy atom. The highest BCUT2D eigenvalue weighted by atomic mass is 35.5. The predicted octanol–water partition coefficient (Wildman–Crippen LogP) is 4.95. The van der Waals surface area contributed by atoms with Crippen LogP contribution >= 0.6 is 35.0 Å². The summed E-state index contributed by atoms with van der Waals surface area (Å²) in [4.78, 5) is 30.5. The van der Waals surface area contributed by atoms with Crippen LogP contribution < -0.4 is 4.90 Å². The number of nitrogens with zero attached hydrogens (tertiary/aromatic N) is 2. The lowest BCUT2D eigenvalue weighted by molar-refractivity contribution is -0.137. The Labute approximate surface area is 177 Å². The molecule has 1 aliphatic rings. The molecule has 8 heteroatoms. The first-order valence-corrected chi connectivity index (χ1v) is 9.99. The third kappa shape index (κ3) is 4.58. The minimum atomic E-state index is -0.397. The van der Waals surface area contributed by atoms with E-state index in [2.05, 4.69) is 9.73 Å². The summed E-state index contributed by atoms with van der Waals surface area (Å²) in [7, 11) is 1.32. The molecule has 1 amide bonds. The van der Waals surface area contributed by atoms with Crippen molar-refractivity contribution in [2.45, 2.75) is 6.92 Å². The maximum absolute atomic E-state index is 13.0. The van der Waals surface area contributed by atoms with Gasteiger partial charge in [0.05, 0.1) is 28.6 Å². The van der Waals surface area contributed by atoms with Crippen LogP contribution in [0.25, 0.3) is 6.08 Å². The average Bonchev–Trinajstić information content (AvgIpc) is 2.99. The number of carbonyl (C=O) groups is 2. The lowest BCUT2D eigenvalue weighted by Gasteiger charge is -2.17. The Kier molecular flexibility index (Phi) is 6.44. The SMILES string of the molecule is COC(=O)CSC1=N/C(=C\c2ccc(Cl)c(Cl)c2)C(=O)N1c1ccc(C)cc1. The molecule has 3 rings (SSSR count). The molecular formula is C20H16Cl2N2O3S. The van der Waals surface area contributed by atoms with Gasteiger partial charge in [-0.15, -0.1) is 0 Å². The topological polar surface area (TPSA) is 59.0 Å². The van der Waals surface area contributed by atoms with E-state index in [9.17, 15) is 9.59 Å². The first-order valence-electron chi connectivity index (χ1n) is 8.25. The largest absolute Gasteiger partial charge is 0.468 e. The second kappa shape index (κ2) is 8.82. The maximum Gasteiger partial charge on any atom is 0.316 e. The van der Waals surface area contributed by atoms with E-state index in [-0.39, 0.29) is 17.4 Å². The number of methoxy groups -OCH3 is 1. The Morgan fingerprint density at radius 1 is 1.18 bits per heavy atom. The van der Waals surface area contributed by atoms with Crippen LogP contribution in [0.15, 0.2) is 53.2 Å². The maximum atomic E-state index is 13.0. The summed E-state index contributed by atoms with van der Waals surface area (Å²) >= 11 is 13.1. The van der Waals surface area contributed by atoms with Crippen molar-refractivity contribution in [2.24, 2.45) is 4.99 Å². The van der Waals surface area contributed by atoms with Crippen molar-refractivity contribution >= 4 is 63.8 Å². The highest BCUT2D eigenvalue weighted by Crippen LogP contribution is 2.30. The van der Waals surface area contributed by atoms with Gasteiger partial charge in [-0.05, 0) is 42.8 Å². The van der Waals surface area contributed by atoms with Gasteiger partial charge in [-0.25, -0.2) is 4.99 Å². The van der Waals surface area contributed by atoms with E-state index in [0.717, 1.165) is 17.3 Å². The van der Waals surface area contributed by atoms with Gasteiger partial charge in [0, 0.05) is 0 Å². The van der Waals surface area contributed by atoms with E-state index < -0.39 is 5.97 Å². The number of aryl methyl sites for hydroxylation is 1. The van der Waals surface area contributed by atoms with Crippen LogP contribution in [0.5, 0.6) is 0 Å². The number of hydrogen-bond donors (Lipinski definition) is 0. The molecule has 2 aromatic rings. The first-order chi connectivity index (χ1) is 13.4. The molecule has 0 aromatic heterocycles. The Morgan fingerprint density at radius 2 is 1.89 bits per heavy atom.